The lowest BCUT2D eigenvalue weighted by molar-refractivity contribution is 0.0684. The van der Waals surface area contributed by atoms with Crippen LogP contribution in [0.1, 0.15) is 47.6 Å². The molecule has 0 saturated carbocycles. The van der Waals surface area contributed by atoms with E-state index in [1.165, 1.54) is 11.1 Å². The molecule has 2 aromatic carbocycles. The lowest BCUT2D eigenvalue weighted by Crippen LogP contribution is -2.49. The Bertz CT molecular complexity index is 884. The molecule has 4 nitrogen and oxygen atoms in total. The van der Waals surface area contributed by atoms with E-state index in [-0.39, 0.29) is 11.5 Å². The Labute approximate surface area is 175 Å². The molecule has 1 unspecified atom stereocenters. The maximum Gasteiger partial charge on any atom is 0.127 e. The van der Waals surface area contributed by atoms with Crippen LogP contribution in [0.25, 0.3) is 0 Å². The van der Waals surface area contributed by atoms with Crippen molar-refractivity contribution >= 4 is 0 Å². The van der Waals surface area contributed by atoms with Gasteiger partial charge in [0.1, 0.15) is 17.1 Å². The van der Waals surface area contributed by atoms with E-state index in [1.54, 1.807) is 0 Å². The number of aromatic hydroxyl groups is 1. The first-order valence-electron chi connectivity index (χ1n) is 10.8. The number of nitrogens with zero attached hydrogens (tertiary/aromatic N) is 2. The van der Waals surface area contributed by atoms with Crippen LogP contribution in [-0.2, 0) is 6.54 Å². The van der Waals surface area contributed by atoms with Crippen molar-refractivity contribution in [2.75, 3.05) is 32.7 Å². The summed E-state index contributed by atoms with van der Waals surface area (Å²) in [5, 5.41) is 10.6. The van der Waals surface area contributed by atoms with Crippen molar-refractivity contribution in [1.29, 1.82) is 0 Å². The van der Waals surface area contributed by atoms with E-state index in [2.05, 4.69) is 60.9 Å². The van der Waals surface area contributed by atoms with E-state index in [0.717, 1.165) is 61.7 Å². The van der Waals surface area contributed by atoms with E-state index in [0.29, 0.717) is 5.75 Å². The summed E-state index contributed by atoms with van der Waals surface area (Å²) in [6.45, 7) is 16.8. The second kappa shape index (κ2) is 7.66. The minimum atomic E-state index is -0.265. The summed E-state index contributed by atoms with van der Waals surface area (Å²) in [7, 11) is 0. The fraction of sp³-hybridized carbons (Fsp3) is 0.520. The van der Waals surface area contributed by atoms with Crippen LogP contribution in [0, 0.1) is 20.8 Å². The topological polar surface area (TPSA) is 35.9 Å². The number of fused-ring (bicyclic) bond motifs is 1. The monoisotopic (exact) mass is 394 g/mol. The number of benzene rings is 2. The van der Waals surface area contributed by atoms with Crippen LogP contribution in [0.3, 0.4) is 0 Å². The third-order valence-electron chi connectivity index (χ3n) is 6.97. The molecular weight excluding hydrogens is 360 g/mol. The molecule has 0 spiro atoms. The molecule has 1 saturated heterocycles. The van der Waals surface area contributed by atoms with Gasteiger partial charge in [-0.15, -0.1) is 0 Å². The minimum absolute atomic E-state index is 0.265. The fourth-order valence-electron chi connectivity index (χ4n) is 4.90. The SMILES string of the molecule is Cc1c(C)c2c(c(C)c1O)C(CN1CCN(Cc3ccccc3)CC1)C(C)(C)O2. The Morgan fingerprint density at radius 2 is 1.55 bits per heavy atom. The molecule has 2 aromatic rings. The van der Waals surface area contributed by atoms with Crippen molar-refractivity contribution < 1.29 is 9.84 Å². The van der Waals surface area contributed by atoms with E-state index < -0.39 is 0 Å². The molecule has 1 N–H and O–H groups in total. The highest BCUT2D eigenvalue weighted by Crippen LogP contribution is 2.51. The summed E-state index contributed by atoms with van der Waals surface area (Å²) < 4.78 is 6.45. The highest BCUT2D eigenvalue weighted by Gasteiger charge is 2.44. The van der Waals surface area contributed by atoms with Gasteiger partial charge in [0.2, 0.25) is 0 Å². The third kappa shape index (κ3) is 3.76. The summed E-state index contributed by atoms with van der Waals surface area (Å²) in [5.74, 6) is 1.69. The van der Waals surface area contributed by atoms with Crippen LogP contribution in [-0.4, -0.2) is 53.2 Å². The van der Waals surface area contributed by atoms with Crippen molar-refractivity contribution in [3.63, 3.8) is 0 Å². The average molecular weight is 395 g/mol. The molecule has 29 heavy (non-hydrogen) atoms. The van der Waals surface area contributed by atoms with Crippen LogP contribution >= 0.6 is 0 Å². The summed E-state index contributed by atoms with van der Waals surface area (Å²) in [6.07, 6.45) is 0. The zero-order valence-corrected chi connectivity index (χ0v) is 18.5. The van der Waals surface area contributed by atoms with Crippen LogP contribution < -0.4 is 4.74 Å². The predicted octanol–water partition coefficient (Wildman–Crippen LogP) is 4.39. The summed E-state index contributed by atoms with van der Waals surface area (Å²) in [6, 6.07) is 10.7. The van der Waals surface area contributed by atoms with E-state index in [1.807, 2.05) is 13.8 Å². The second-order valence-corrected chi connectivity index (χ2v) is 9.29. The molecule has 0 bridgehead atoms. The number of hydrogen-bond acceptors (Lipinski definition) is 4. The maximum atomic E-state index is 10.6. The van der Waals surface area contributed by atoms with Gasteiger partial charge < -0.3 is 14.7 Å². The van der Waals surface area contributed by atoms with Gasteiger partial charge in [-0.1, -0.05) is 30.3 Å². The maximum absolute atomic E-state index is 10.6. The van der Waals surface area contributed by atoms with Gasteiger partial charge in [0.05, 0.1) is 0 Å². The Morgan fingerprint density at radius 1 is 0.931 bits per heavy atom. The number of ether oxygens (including phenoxy) is 1. The van der Waals surface area contributed by atoms with E-state index in [4.69, 9.17) is 4.74 Å². The van der Waals surface area contributed by atoms with Gasteiger partial charge in [0.15, 0.2) is 0 Å². The van der Waals surface area contributed by atoms with Gasteiger partial charge in [-0.2, -0.15) is 0 Å². The zero-order chi connectivity index (χ0) is 20.8. The first-order valence-corrected chi connectivity index (χ1v) is 10.8. The summed E-state index contributed by atoms with van der Waals surface area (Å²) in [5.41, 5.74) is 5.33. The highest BCUT2D eigenvalue weighted by molar-refractivity contribution is 5.61. The number of rotatable bonds is 4. The molecular formula is C25H34N2O2. The minimum Gasteiger partial charge on any atom is -0.507 e. The Kier molecular flexibility index (Phi) is 5.34. The number of hydrogen-bond donors (Lipinski definition) is 1. The van der Waals surface area contributed by atoms with E-state index in [9.17, 15) is 5.11 Å². The molecule has 0 aromatic heterocycles. The largest absolute Gasteiger partial charge is 0.507 e. The zero-order valence-electron chi connectivity index (χ0n) is 18.5. The molecule has 0 aliphatic carbocycles. The second-order valence-electron chi connectivity index (χ2n) is 9.29. The highest BCUT2D eigenvalue weighted by atomic mass is 16.5. The standard InChI is InChI=1S/C25H34N2O2/c1-17-18(2)24-22(19(3)23(17)28)21(25(4,5)29-24)16-27-13-11-26(12-14-27)15-20-9-7-6-8-10-20/h6-10,21,28H,11-16H2,1-5H3. The Balaban J connectivity index is 1.47. The fourth-order valence-corrected chi connectivity index (χ4v) is 4.90. The van der Waals surface area contributed by atoms with Gasteiger partial charge in [0, 0.05) is 50.7 Å². The number of piperazine rings is 1. The van der Waals surface area contributed by atoms with Crippen LogP contribution in [0.2, 0.25) is 0 Å². The van der Waals surface area contributed by atoms with Crippen molar-refractivity contribution in [3.8, 4) is 11.5 Å². The smallest absolute Gasteiger partial charge is 0.127 e. The van der Waals surface area contributed by atoms with Gasteiger partial charge in [-0.25, -0.2) is 0 Å². The molecule has 2 heterocycles. The summed E-state index contributed by atoms with van der Waals surface area (Å²) >= 11 is 0. The molecule has 2 aliphatic rings. The van der Waals surface area contributed by atoms with Gasteiger partial charge in [-0.3, -0.25) is 4.90 Å². The number of phenolic OH excluding ortho intramolecular Hbond substituents is 1. The molecule has 1 atom stereocenters. The molecule has 0 amide bonds. The molecule has 4 heteroatoms. The quantitative estimate of drug-likeness (QED) is 0.834. The molecule has 156 valence electrons. The van der Waals surface area contributed by atoms with Crippen LogP contribution in [0.5, 0.6) is 11.5 Å². The Morgan fingerprint density at radius 3 is 2.21 bits per heavy atom. The van der Waals surface area contributed by atoms with E-state index >= 15 is 0 Å². The molecule has 2 aliphatic heterocycles. The molecule has 4 rings (SSSR count). The normalized spacial score (nSPS) is 21.8. The third-order valence-corrected chi connectivity index (χ3v) is 6.97. The molecule has 1 fully saturated rings. The first-order chi connectivity index (χ1) is 13.8. The summed E-state index contributed by atoms with van der Waals surface area (Å²) in [4.78, 5) is 5.11. The van der Waals surface area contributed by atoms with Crippen molar-refractivity contribution in [2.24, 2.45) is 0 Å². The average Bonchev–Trinajstić information content (AvgIpc) is 2.98. The predicted molar refractivity (Wildman–Crippen MR) is 118 cm³/mol. The van der Waals surface area contributed by atoms with Crippen LogP contribution in [0.15, 0.2) is 30.3 Å². The lowest BCUT2D eigenvalue weighted by atomic mass is 9.82. The van der Waals surface area contributed by atoms with Crippen LogP contribution in [0.4, 0.5) is 0 Å². The molecule has 0 radical (unpaired) electrons. The van der Waals surface area contributed by atoms with Gasteiger partial charge in [-0.05, 0) is 56.9 Å². The number of phenols is 1. The lowest BCUT2D eigenvalue weighted by Gasteiger charge is -2.38. The van der Waals surface area contributed by atoms with Gasteiger partial charge in [0.25, 0.3) is 0 Å². The van der Waals surface area contributed by atoms with Gasteiger partial charge >= 0.3 is 0 Å². The van der Waals surface area contributed by atoms with Crippen molar-refractivity contribution in [2.45, 2.75) is 52.7 Å². The first kappa shape index (κ1) is 20.2. The Hall–Kier alpha value is -2.04. The van der Waals surface area contributed by atoms with Crippen molar-refractivity contribution in [1.82, 2.24) is 9.80 Å². The van der Waals surface area contributed by atoms with Crippen molar-refractivity contribution in [3.05, 3.63) is 58.1 Å².